The van der Waals surface area contributed by atoms with E-state index in [9.17, 15) is 13.2 Å². The van der Waals surface area contributed by atoms with Crippen molar-refractivity contribution in [2.75, 3.05) is 6.26 Å². The Morgan fingerprint density at radius 1 is 1.04 bits per heavy atom. The molecule has 5 heteroatoms. The maximum atomic E-state index is 12.3. The molecule has 1 unspecified atom stereocenters. The summed E-state index contributed by atoms with van der Waals surface area (Å²) < 4.78 is 23.1. The number of nitrogens with one attached hydrogen (secondary N) is 1. The van der Waals surface area contributed by atoms with Gasteiger partial charge >= 0.3 is 0 Å². The molecule has 0 spiro atoms. The van der Waals surface area contributed by atoms with Gasteiger partial charge in [-0.25, -0.2) is 8.42 Å². The number of hydrogen-bond acceptors (Lipinski definition) is 3. The zero-order chi connectivity index (χ0) is 19.3. The summed E-state index contributed by atoms with van der Waals surface area (Å²) in [5, 5.41) is 3.05. The van der Waals surface area contributed by atoms with E-state index in [-0.39, 0.29) is 16.8 Å². The Labute approximate surface area is 156 Å². The molecule has 0 radical (unpaired) electrons. The summed E-state index contributed by atoms with van der Waals surface area (Å²) in [7, 11) is -3.21. The number of carbonyl (C=O) groups is 1. The Hall–Kier alpha value is -2.14. The quantitative estimate of drug-likeness (QED) is 0.800. The van der Waals surface area contributed by atoms with Gasteiger partial charge in [-0.3, -0.25) is 4.79 Å². The lowest BCUT2D eigenvalue weighted by atomic mass is 10.0. The van der Waals surface area contributed by atoms with Gasteiger partial charge in [0.2, 0.25) is 5.91 Å². The molecule has 0 aliphatic carbocycles. The summed E-state index contributed by atoms with van der Waals surface area (Å²) in [4.78, 5) is 12.6. The van der Waals surface area contributed by atoms with E-state index >= 15 is 0 Å². The van der Waals surface area contributed by atoms with Crippen LogP contribution in [0.2, 0.25) is 0 Å². The van der Waals surface area contributed by atoms with Gasteiger partial charge in [-0.05, 0) is 61.1 Å². The van der Waals surface area contributed by atoms with Crippen molar-refractivity contribution in [2.45, 2.75) is 51.0 Å². The zero-order valence-corrected chi connectivity index (χ0v) is 16.7. The Morgan fingerprint density at radius 3 is 2.23 bits per heavy atom. The van der Waals surface area contributed by atoms with Crippen LogP contribution in [0.1, 0.15) is 48.1 Å². The highest BCUT2D eigenvalue weighted by Crippen LogP contribution is 2.19. The monoisotopic (exact) mass is 373 g/mol. The molecule has 2 aromatic rings. The van der Waals surface area contributed by atoms with Crippen molar-refractivity contribution >= 4 is 15.7 Å². The highest BCUT2D eigenvalue weighted by molar-refractivity contribution is 7.90. The maximum absolute atomic E-state index is 12.3. The summed E-state index contributed by atoms with van der Waals surface area (Å²) in [5.41, 5.74) is 4.57. The minimum atomic E-state index is -3.21. The fourth-order valence-electron chi connectivity index (χ4n) is 2.85. The average Bonchev–Trinajstić information content (AvgIpc) is 2.60. The number of aryl methyl sites for hydroxylation is 3. The molecule has 0 aliphatic rings. The molecule has 0 saturated carbocycles. The summed E-state index contributed by atoms with van der Waals surface area (Å²) >= 11 is 0. The van der Waals surface area contributed by atoms with E-state index in [0.29, 0.717) is 12.8 Å². The highest BCUT2D eigenvalue weighted by atomic mass is 32.2. The van der Waals surface area contributed by atoms with Gasteiger partial charge in [-0.15, -0.1) is 0 Å². The van der Waals surface area contributed by atoms with E-state index in [1.807, 2.05) is 6.92 Å². The molecule has 4 nitrogen and oxygen atoms in total. The zero-order valence-electron chi connectivity index (χ0n) is 15.9. The van der Waals surface area contributed by atoms with Crippen LogP contribution in [0.25, 0.3) is 0 Å². The first-order chi connectivity index (χ1) is 12.2. The third kappa shape index (κ3) is 5.43. The molecule has 0 saturated heterocycles. The second-order valence-corrected chi connectivity index (χ2v) is 8.80. The molecule has 26 heavy (non-hydrogen) atoms. The first-order valence-electron chi connectivity index (χ1n) is 8.86. The summed E-state index contributed by atoms with van der Waals surface area (Å²) in [6, 6.07) is 12.9. The summed E-state index contributed by atoms with van der Waals surface area (Å²) in [6.07, 6.45) is 3.07. The fourth-order valence-corrected chi connectivity index (χ4v) is 3.48. The van der Waals surface area contributed by atoms with Crippen molar-refractivity contribution in [3.05, 3.63) is 64.7 Å². The normalized spacial score (nSPS) is 12.6. The predicted octanol–water partition coefficient (Wildman–Crippen LogP) is 3.91. The van der Waals surface area contributed by atoms with Crippen LogP contribution in [0, 0.1) is 13.8 Å². The van der Waals surface area contributed by atoms with Crippen molar-refractivity contribution in [1.29, 1.82) is 0 Å². The van der Waals surface area contributed by atoms with Gasteiger partial charge in [0.05, 0.1) is 10.9 Å². The summed E-state index contributed by atoms with van der Waals surface area (Å²) in [6.45, 7) is 6.15. The van der Waals surface area contributed by atoms with E-state index in [0.717, 1.165) is 17.5 Å². The number of benzene rings is 2. The molecule has 140 valence electrons. The number of amides is 1. The van der Waals surface area contributed by atoms with Gasteiger partial charge < -0.3 is 5.32 Å². The third-order valence-corrected chi connectivity index (χ3v) is 5.79. The lowest BCUT2D eigenvalue weighted by Crippen LogP contribution is -2.28. The Balaban J connectivity index is 1.98. The number of rotatable bonds is 7. The first-order valence-corrected chi connectivity index (χ1v) is 10.8. The Kier molecular flexibility index (Phi) is 6.59. The topological polar surface area (TPSA) is 63.2 Å². The van der Waals surface area contributed by atoms with E-state index < -0.39 is 9.84 Å². The second kappa shape index (κ2) is 8.49. The number of hydrogen-bond donors (Lipinski definition) is 1. The largest absolute Gasteiger partial charge is 0.349 e. The van der Waals surface area contributed by atoms with Crippen LogP contribution < -0.4 is 5.32 Å². The standard InChI is InChI=1S/C21H27NO3S/c1-5-20(18-9-11-19(12-10-18)26(4,24)25)22-21(23)13-8-17-7-6-15(2)16(3)14-17/h6-7,9-12,14,20H,5,8,13H2,1-4H3,(H,22,23). The van der Waals surface area contributed by atoms with Crippen LogP contribution >= 0.6 is 0 Å². The van der Waals surface area contributed by atoms with Crippen LogP contribution in [0.4, 0.5) is 0 Å². The van der Waals surface area contributed by atoms with Crippen LogP contribution in [-0.4, -0.2) is 20.6 Å². The Morgan fingerprint density at radius 2 is 1.69 bits per heavy atom. The van der Waals surface area contributed by atoms with Crippen molar-refractivity contribution in [2.24, 2.45) is 0 Å². The van der Waals surface area contributed by atoms with Gasteiger partial charge in [0.15, 0.2) is 9.84 Å². The van der Waals surface area contributed by atoms with E-state index in [1.165, 1.54) is 17.4 Å². The molecule has 2 aromatic carbocycles. The molecule has 1 amide bonds. The Bertz CT molecular complexity index is 871. The molecule has 1 atom stereocenters. The molecule has 1 N–H and O–H groups in total. The lowest BCUT2D eigenvalue weighted by molar-refractivity contribution is -0.121. The van der Waals surface area contributed by atoms with Crippen LogP contribution in [-0.2, 0) is 21.1 Å². The number of carbonyl (C=O) groups excluding carboxylic acids is 1. The summed E-state index contributed by atoms with van der Waals surface area (Å²) in [5.74, 6) is 0.00210. The van der Waals surface area contributed by atoms with Crippen LogP contribution in [0.5, 0.6) is 0 Å². The van der Waals surface area contributed by atoms with Crippen LogP contribution in [0.3, 0.4) is 0 Å². The predicted molar refractivity (Wildman–Crippen MR) is 105 cm³/mol. The number of sulfone groups is 1. The highest BCUT2D eigenvalue weighted by Gasteiger charge is 2.14. The van der Waals surface area contributed by atoms with E-state index in [1.54, 1.807) is 24.3 Å². The van der Waals surface area contributed by atoms with E-state index in [2.05, 4.69) is 37.4 Å². The minimum Gasteiger partial charge on any atom is -0.349 e. The molecule has 0 fully saturated rings. The van der Waals surface area contributed by atoms with Crippen molar-refractivity contribution < 1.29 is 13.2 Å². The van der Waals surface area contributed by atoms with E-state index in [4.69, 9.17) is 0 Å². The van der Waals surface area contributed by atoms with Gasteiger partial charge in [0.1, 0.15) is 0 Å². The van der Waals surface area contributed by atoms with Crippen molar-refractivity contribution in [3.8, 4) is 0 Å². The van der Waals surface area contributed by atoms with Crippen molar-refractivity contribution in [1.82, 2.24) is 5.32 Å². The molecule has 0 aliphatic heterocycles. The van der Waals surface area contributed by atoms with Gasteiger partial charge in [0.25, 0.3) is 0 Å². The minimum absolute atomic E-state index is 0.00210. The molecule has 2 rings (SSSR count). The first kappa shape index (κ1) is 20.2. The molecule has 0 heterocycles. The van der Waals surface area contributed by atoms with Crippen molar-refractivity contribution in [3.63, 3.8) is 0 Å². The average molecular weight is 374 g/mol. The molecule has 0 aromatic heterocycles. The molecular formula is C21H27NO3S. The van der Waals surface area contributed by atoms with Gasteiger partial charge in [0, 0.05) is 12.7 Å². The van der Waals surface area contributed by atoms with Gasteiger partial charge in [-0.1, -0.05) is 37.3 Å². The SMILES string of the molecule is CCC(NC(=O)CCc1ccc(C)c(C)c1)c1ccc(S(C)(=O)=O)cc1. The van der Waals surface area contributed by atoms with Gasteiger partial charge in [-0.2, -0.15) is 0 Å². The maximum Gasteiger partial charge on any atom is 0.220 e. The lowest BCUT2D eigenvalue weighted by Gasteiger charge is -2.18. The third-order valence-electron chi connectivity index (χ3n) is 4.67. The second-order valence-electron chi connectivity index (χ2n) is 6.79. The van der Waals surface area contributed by atoms with Crippen LogP contribution in [0.15, 0.2) is 47.4 Å². The fraction of sp³-hybridized carbons (Fsp3) is 0.381. The smallest absolute Gasteiger partial charge is 0.220 e. The molecule has 0 bridgehead atoms. The molecular weight excluding hydrogens is 346 g/mol.